The van der Waals surface area contributed by atoms with Crippen LogP contribution in [0.4, 0.5) is 5.69 Å². The summed E-state index contributed by atoms with van der Waals surface area (Å²) in [7, 11) is 1.66. The lowest BCUT2D eigenvalue weighted by molar-refractivity contribution is 0.199. The minimum absolute atomic E-state index is 0.0912. The summed E-state index contributed by atoms with van der Waals surface area (Å²) >= 11 is 0. The van der Waals surface area contributed by atoms with Gasteiger partial charge in [0.15, 0.2) is 5.82 Å². The van der Waals surface area contributed by atoms with E-state index in [1.165, 1.54) is 5.56 Å². The SMILES string of the molecule is COCCc1noc(C2(c3ccc(N)cc3)CC2)n1. The number of benzene rings is 1. The highest BCUT2D eigenvalue weighted by atomic mass is 16.5. The molecule has 1 aliphatic rings. The molecule has 2 aromatic rings. The van der Waals surface area contributed by atoms with E-state index in [4.69, 9.17) is 15.0 Å². The molecule has 1 aromatic carbocycles. The molecular weight excluding hydrogens is 242 g/mol. The Morgan fingerprint density at radius 1 is 1.32 bits per heavy atom. The van der Waals surface area contributed by atoms with Crippen LogP contribution in [0, 0.1) is 0 Å². The van der Waals surface area contributed by atoms with Crippen LogP contribution in [-0.2, 0) is 16.6 Å². The lowest BCUT2D eigenvalue weighted by Gasteiger charge is -2.10. The smallest absolute Gasteiger partial charge is 0.237 e. The molecule has 1 aliphatic carbocycles. The highest BCUT2D eigenvalue weighted by Crippen LogP contribution is 2.52. The standard InChI is InChI=1S/C14H17N3O2/c1-18-9-6-12-16-13(19-17-12)14(7-8-14)10-2-4-11(15)5-3-10/h2-5H,6-9,15H2,1H3. The molecule has 0 unspecified atom stereocenters. The maximum absolute atomic E-state index is 5.72. The predicted octanol–water partition coefficient (Wildman–Crippen LogP) is 1.92. The van der Waals surface area contributed by atoms with Gasteiger partial charge in [-0.05, 0) is 30.5 Å². The number of nitrogens with zero attached hydrogens (tertiary/aromatic N) is 2. The third-order valence-electron chi connectivity index (χ3n) is 3.62. The van der Waals surface area contributed by atoms with E-state index >= 15 is 0 Å². The molecule has 19 heavy (non-hydrogen) atoms. The monoisotopic (exact) mass is 259 g/mol. The Kier molecular flexibility index (Phi) is 2.98. The normalized spacial score (nSPS) is 16.5. The first-order valence-corrected chi connectivity index (χ1v) is 6.43. The van der Waals surface area contributed by atoms with Crippen molar-refractivity contribution in [3.8, 4) is 0 Å². The van der Waals surface area contributed by atoms with Gasteiger partial charge in [0.2, 0.25) is 5.89 Å². The minimum Gasteiger partial charge on any atom is -0.399 e. The van der Waals surface area contributed by atoms with Gasteiger partial charge in [-0.2, -0.15) is 4.98 Å². The van der Waals surface area contributed by atoms with Crippen LogP contribution in [0.1, 0.15) is 30.1 Å². The molecule has 0 bridgehead atoms. The molecule has 0 spiro atoms. The molecule has 0 aliphatic heterocycles. The van der Waals surface area contributed by atoms with Crippen molar-refractivity contribution in [2.24, 2.45) is 0 Å². The van der Waals surface area contributed by atoms with E-state index in [1.807, 2.05) is 24.3 Å². The number of anilines is 1. The largest absolute Gasteiger partial charge is 0.399 e. The molecule has 100 valence electrons. The van der Waals surface area contributed by atoms with Gasteiger partial charge >= 0.3 is 0 Å². The van der Waals surface area contributed by atoms with Gasteiger partial charge in [-0.1, -0.05) is 17.3 Å². The third-order valence-corrected chi connectivity index (χ3v) is 3.62. The van der Waals surface area contributed by atoms with Crippen LogP contribution in [0.3, 0.4) is 0 Å². The van der Waals surface area contributed by atoms with Gasteiger partial charge in [0.05, 0.1) is 12.0 Å². The molecule has 3 rings (SSSR count). The molecule has 0 radical (unpaired) electrons. The second kappa shape index (κ2) is 4.66. The second-order valence-electron chi connectivity index (χ2n) is 4.96. The van der Waals surface area contributed by atoms with E-state index < -0.39 is 0 Å². The van der Waals surface area contributed by atoms with Crippen molar-refractivity contribution >= 4 is 5.69 Å². The van der Waals surface area contributed by atoms with Gasteiger partial charge in [0.1, 0.15) is 0 Å². The number of ether oxygens (including phenoxy) is 1. The number of nitrogens with two attached hydrogens (primary N) is 1. The molecular formula is C14H17N3O2. The summed E-state index contributed by atoms with van der Waals surface area (Å²) in [6.07, 6.45) is 2.77. The first kappa shape index (κ1) is 12.2. The molecule has 0 atom stereocenters. The van der Waals surface area contributed by atoms with Crippen LogP contribution in [-0.4, -0.2) is 23.9 Å². The van der Waals surface area contributed by atoms with E-state index in [2.05, 4.69) is 10.1 Å². The molecule has 1 aromatic heterocycles. The fraction of sp³-hybridized carbons (Fsp3) is 0.429. The van der Waals surface area contributed by atoms with Gasteiger partial charge in [0.25, 0.3) is 0 Å². The van der Waals surface area contributed by atoms with Gasteiger partial charge < -0.3 is 15.0 Å². The zero-order valence-corrected chi connectivity index (χ0v) is 10.9. The summed E-state index contributed by atoms with van der Waals surface area (Å²) in [5.41, 5.74) is 7.60. The average Bonchev–Trinajstić information content (AvgIpc) is 3.10. The fourth-order valence-corrected chi connectivity index (χ4v) is 2.30. The number of methoxy groups -OCH3 is 1. The summed E-state index contributed by atoms with van der Waals surface area (Å²) in [6.45, 7) is 0.605. The fourth-order valence-electron chi connectivity index (χ4n) is 2.30. The zero-order chi connectivity index (χ0) is 13.3. The Labute approximate surface area is 111 Å². The molecule has 2 N–H and O–H groups in total. The molecule has 5 heteroatoms. The lowest BCUT2D eigenvalue weighted by atomic mass is 9.96. The molecule has 5 nitrogen and oxygen atoms in total. The van der Waals surface area contributed by atoms with Crippen molar-refractivity contribution in [2.45, 2.75) is 24.7 Å². The van der Waals surface area contributed by atoms with E-state index in [0.29, 0.717) is 24.7 Å². The molecule has 1 saturated carbocycles. The number of hydrogen-bond donors (Lipinski definition) is 1. The van der Waals surface area contributed by atoms with Crippen LogP contribution < -0.4 is 5.73 Å². The summed E-state index contributed by atoms with van der Waals surface area (Å²) in [5, 5.41) is 4.01. The Hall–Kier alpha value is -1.88. The zero-order valence-electron chi connectivity index (χ0n) is 10.9. The Morgan fingerprint density at radius 3 is 2.68 bits per heavy atom. The molecule has 0 saturated heterocycles. The number of rotatable bonds is 5. The highest BCUT2D eigenvalue weighted by Gasteiger charge is 2.50. The topological polar surface area (TPSA) is 74.2 Å². The van der Waals surface area contributed by atoms with Crippen LogP contribution in [0.15, 0.2) is 28.8 Å². The second-order valence-corrected chi connectivity index (χ2v) is 4.96. The van der Waals surface area contributed by atoms with Crippen molar-refractivity contribution in [2.75, 3.05) is 19.5 Å². The first-order chi connectivity index (χ1) is 9.24. The van der Waals surface area contributed by atoms with Crippen molar-refractivity contribution in [1.82, 2.24) is 10.1 Å². The maximum Gasteiger partial charge on any atom is 0.237 e. The van der Waals surface area contributed by atoms with Crippen LogP contribution in [0.2, 0.25) is 0 Å². The van der Waals surface area contributed by atoms with Crippen LogP contribution in [0.25, 0.3) is 0 Å². The number of hydrogen-bond acceptors (Lipinski definition) is 5. The van der Waals surface area contributed by atoms with Crippen molar-refractivity contribution < 1.29 is 9.26 Å². The molecule has 1 fully saturated rings. The van der Waals surface area contributed by atoms with Gasteiger partial charge in [-0.25, -0.2) is 0 Å². The van der Waals surface area contributed by atoms with E-state index in [9.17, 15) is 0 Å². The van der Waals surface area contributed by atoms with Gasteiger partial charge in [-0.15, -0.1) is 0 Å². The quantitative estimate of drug-likeness (QED) is 0.830. The maximum atomic E-state index is 5.72. The van der Waals surface area contributed by atoms with Crippen molar-refractivity contribution in [3.63, 3.8) is 0 Å². The van der Waals surface area contributed by atoms with Crippen molar-refractivity contribution in [1.29, 1.82) is 0 Å². The highest BCUT2D eigenvalue weighted by molar-refractivity contribution is 5.45. The predicted molar refractivity (Wildman–Crippen MR) is 70.7 cm³/mol. The summed E-state index contributed by atoms with van der Waals surface area (Å²) in [5.74, 6) is 1.42. The first-order valence-electron chi connectivity index (χ1n) is 6.43. The Morgan fingerprint density at radius 2 is 2.05 bits per heavy atom. The van der Waals surface area contributed by atoms with Gasteiger partial charge in [0, 0.05) is 19.2 Å². The third kappa shape index (κ3) is 2.21. The molecule has 1 heterocycles. The summed E-state index contributed by atoms with van der Waals surface area (Å²) in [4.78, 5) is 4.49. The summed E-state index contributed by atoms with van der Waals surface area (Å²) in [6, 6.07) is 7.91. The average molecular weight is 259 g/mol. The van der Waals surface area contributed by atoms with Crippen LogP contribution in [0.5, 0.6) is 0 Å². The number of aromatic nitrogens is 2. The summed E-state index contributed by atoms with van der Waals surface area (Å²) < 4.78 is 10.4. The Bertz CT molecular complexity index is 558. The van der Waals surface area contributed by atoms with E-state index in [-0.39, 0.29) is 5.41 Å². The van der Waals surface area contributed by atoms with E-state index in [0.717, 1.165) is 18.5 Å². The van der Waals surface area contributed by atoms with Crippen molar-refractivity contribution in [3.05, 3.63) is 41.5 Å². The minimum atomic E-state index is -0.0912. The number of nitrogen functional groups attached to an aromatic ring is 1. The van der Waals surface area contributed by atoms with E-state index in [1.54, 1.807) is 7.11 Å². The van der Waals surface area contributed by atoms with Gasteiger partial charge in [-0.3, -0.25) is 0 Å². The molecule has 0 amide bonds. The Balaban J connectivity index is 1.84. The lowest BCUT2D eigenvalue weighted by Crippen LogP contribution is -2.09. The van der Waals surface area contributed by atoms with Crippen LogP contribution >= 0.6 is 0 Å².